The number of carboxylic acids is 1. The first kappa shape index (κ1) is 70.2. The molecular weight excluding hydrogens is 1100 g/mol. The summed E-state index contributed by atoms with van der Waals surface area (Å²) in [5, 5.41) is 61.4. The number of likely N-dealkylation sites (tertiary alicyclic amines) is 1. The average Bonchev–Trinajstić information content (AvgIpc) is 3.85. The number of nitrogens with one attached hydrogen (secondary N) is 9. The van der Waals surface area contributed by atoms with Crippen molar-refractivity contribution >= 4 is 70.9 Å². The number of hydrogen-bond acceptors (Lipinski definition) is 16. The van der Waals surface area contributed by atoms with E-state index < -0.39 is 170 Å². The van der Waals surface area contributed by atoms with E-state index in [1.165, 1.54) is 11.8 Å². The predicted molar refractivity (Wildman–Crippen MR) is 303 cm³/mol. The second kappa shape index (κ2) is 34.5. The highest BCUT2D eigenvalue weighted by molar-refractivity contribution is 5.99. The first-order valence-corrected chi connectivity index (χ1v) is 27.8. The molecule has 2 aromatic rings. The first-order valence-electron chi connectivity index (χ1n) is 27.8. The number of rotatable bonds is 34. The molecule has 0 unspecified atom stereocenters. The zero-order valence-corrected chi connectivity index (χ0v) is 48.4. The fourth-order valence-corrected chi connectivity index (χ4v) is 8.93. The molecule has 0 spiro atoms. The van der Waals surface area contributed by atoms with Crippen molar-refractivity contribution in [3.05, 3.63) is 71.8 Å². The normalized spacial score (nSPS) is 17.0. The lowest BCUT2D eigenvalue weighted by molar-refractivity contribution is -0.142. The van der Waals surface area contributed by atoms with Gasteiger partial charge in [0.2, 0.25) is 65.0 Å². The van der Waals surface area contributed by atoms with Crippen molar-refractivity contribution in [1.29, 1.82) is 0 Å². The van der Waals surface area contributed by atoms with Crippen LogP contribution in [0.2, 0.25) is 0 Å². The number of carbonyl (C=O) groups is 12. The smallest absolute Gasteiger partial charge is 0.325 e. The number of nitrogens with zero attached hydrogens (tertiary/aromatic N) is 1. The van der Waals surface area contributed by atoms with Crippen molar-refractivity contribution < 1.29 is 78.0 Å². The van der Waals surface area contributed by atoms with Gasteiger partial charge in [-0.05, 0) is 75.8 Å². The average molecular weight is 1180 g/mol. The van der Waals surface area contributed by atoms with Crippen LogP contribution in [-0.4, -0.2) is 189 Å². The van der Waals surface area contributed by atoms with Gasteiger partial charge < -0.3 is 84.6 Å². The van der Waals surface area contributed by atoms with E-state index in [2.05, 4.69) is 47.9 Å². The van der Waals surface area contributed by atoms with E-state index in [0.717, 1.165) is 13.8 Å². The second-order valence-corrected chi connectivity index (χ2v) is 21.7. The number of aliphatic hydroxyl groups is 3. The van der Waals surface area contributed by atoms with Crippen molar-refractivity contribution in [2.75, 3.05) is 19.8 Å². The molecule has 0 aromatic heterocycles. The van der Waals surface area contributed by atoms with E-state index in [4.69, 9.17) is 11.5 Å². The molecule has 12 atom stereocenters. The zero-order chi connectivity index (χ0) is 63.0. The Morgan fingerprint density at radius 3 is 1.44 bits per heavy atom. The molecule has 11 amide bonds. The van der Waals surface area contributed by atoms with Crippen LogP contribution in [0.15, 0.2) is 60.7 Å². The lowest BCUT2D eigenvalue weighted by Crippen LogP contribution is -2.62. The number of aliphatic carboxylic acids is 1. The van der Waals surface area contributed by atoms with E-state index in [1.54, 1.807) is 88.4 Å². The molecule has 1 aliphatic heterocycles. The van der Waals surface area contributed by atoms with Gasteiger partial charge in [-0.3, -0.25) is 57.5 Å². The summed E-state index contributed by atoms with van der Waals surface area (Å²) >= 11 is 0. The van der Waals surface area contributed by atoms with Gasteiger partial charge in [0.05, 0.1) is 19.3 Å². The Hall–Kier alpha value is -8.08. The molecule has 464 valence electrons. The van der Waals surface area contributed by atoms with Crippen LogP contribution in [0.1, 0.15) is 98.1 Å². The summed E-state index contributed by atoms with van der Waals surface area (Å²) in [6, 6.07) is 1.31. The van der Waals surface area contributed by atoms with E-state index in [0.29, 0.717) is 17.5 Å². The Kier molecular flexibility index (Phi) is 28.8. The maximum atomic E-state index is 14.3. The minimum absolute atomic E-state index is 0.0144. The lowest BCUT2D eigenvalue weighted by atomic mass is 9.99. The van der Waals surface area contributed by atoms with E-state index >= 15 is 0 Å². The highest BCUT2D eigenvalue weighted by Gasteiger charge is 2.40. The minimum atomic E-state index is -1.82. The van der Waals surface area contributed by atoms with Gasteiger partial charge in [-0.15, -0.1) is 0 Å². The summed E-state index contributed by atoms with van der Waals surface area (Å²) in [6.07, 6.45) is -1.94. The Morgan fingerprint density at radius 2 is 0.964 bits per heavy atom. The third kappa shape index (κ3) is 22.9. The Labute approximate surface area is 487 Å². The summed E-state index contributed by atoms with van der Waals surface area (Å²) < 4.78 is 0. The highest BCUT2D eigenvalue weighted by Crippen LogP contribution is 2.20. The maximum absolute atomic E-state index is 14.3. The molecule has 28 nitrogen and oxygen atoms in total. The maximum Gasteiger partial charge on any atom is 0.325 e. The van der Waals surface area contributed by atoms with Crippen LogP contribution < -0.4 is 59.3 Å². The van der Waals surface area contributed by atoms with Gasteiger partial charge in [0.15, 0.2) is 0 Å². The van der Waals surface area contributed by atoms with Gasteiger partial charge in [0.1, 0.15) is 66.5 Å². The summed E-state index contributed by atoms with van der Waals surface area (Å²) in [6.45, 7) is 9.25. The Morgan fingerprint density at radius 1 is 0.536 bits per heavy atom. The molecule has 1 fully saturated rings. The first-order chi connectivity index (χ1) is 39.6. The number of hydrogen-bond donors (Lipinski definition) is 15. The molecule has 2 aromatic carbocycles. The van der Waals surface area contributed by atoms with E-state index in [9.17, 15) is 78.0 Å². The SMILES string of the molecule is CC(C)C[C@H](NC(=O)[C@H](CC(C)C)NC(=O)[C@H](Cc1ccccc1)NC(=O)[C@@H]1CCCN1C(=O)[C@@H](N)CO)C(=O)N[C@@H](C)C(=O)N[C@@H](CCC(N)=O)C(=O)N[C@@H](Cc1ccccc1)C(=O)N[C@H](C(=O)N[C@@H](CO)C(=O)N[C@@H](C)C(=O)O)[C@@H](C)O. The molecule has 1 heterocycles. The molecule has 84 heavy (non-hydrogen) atoms. The quantitative estimate of drug-likeness (QED) is 0.0318. The number of nitrogens with two attached hydrogens (primary N) is 2. The van der Waals surface area contributed by atoms with E-state index in [1.807, 2.05) is 0 Å². The topological polar surface area (TPSA) is 449 Å². The summed E-state index contributed by atoms with van der Waals surface area (Å²) in [5.41, 5.74) is 12.4. The van der Waals surface area contributed by atoms with E-state index in [-0.39, 0.29) is 50.5 Å². The predicted octanol–water partition coefficient (Wildman–Crippen LogP) is -4.00. The molecule has 0 aliphatic carbocycles. The third-order valence-electron chi connectivity index (χ3n) is 13.5. The van der Waals surface area contributed by atoms with Gasteiger partial charge >= 0.3 is 5.97 Å². The molecular formula is C56H84N12O16. The molecule has 3 rings (SSSR count). The van der Waals surface area contributed by atoms with Crippen molar-refractivity contribution in [2.45, 2.75) is 172 Å². The van der Waals surface area contributed by atoms with Crippen molar-refractivity contribution in [1.82, 2.24) is 52.8 Å². The number of carboxylic acid groups (broad SMARTS) is 1. The van der Waals surface area contributed by atoms with Crippen LogP contribution in [0.4, 0.5) is 0 Å². The van der Waals surface area contributed by atoms with Crippen LogP contribution in [0.5, 0.6) is 0 Å². The number of carbonyl (C=O) groups excluding carboxylic acids is 11. The van der Waals surface area contributed by atoms with Gasteiger partial charge in [-0.2, -0.15) is 0 Å². The standard InChI is InChI=1S/C56H84N12O16/c1-29(2)23-38(62-49(76)39(24-30(3)4)63-50(77)40(25-34-15-10-8-11-16-34)65-53(80)43-19-14-22-68(43)55(82)36(57)27-69)48(75)59-31(5)46(73)61-37(20-21-44(58)72)47(74)64-41(26-35-17-12-9-13-18-35)51(78)67-45(33(7)71)54(81)66-42(28-70)52(79)60-32(6)56(83)84/h8-13,15-18,29-33,36-43,45,69-71H,14,19-28,57H2,1-7H3,(H2,58,72)(H,59,75)(H,60,79)(H,61,73)(H,62,76)(H,63,77)(H,64,74)(H,65,80)(H,66,81)(H,67,78)(H,83,84)/t31-,32-,33+,36-,37-,38-,39-,40-,41-,42-,43-,45-/m0/s1. The number of aliphatic hydroxyl groups excluding tert-OH is 3. The number of primary amides is 1. The summed E-state index contributed by atoms with van der Waals surface area (Å²) in [5.74, 6) is -11.7. The summed E-state index contributed by atoms with van der Waals surface area (Å²) in [4.78, 5) is 162. The molecule has 17 N–H and O–H groups in total. The highest BCUT2D eigenvalue weighted by atomic mass is 16.4. The molecule has 1 aliphatic rings. The van der Waals surface area contributed by atoms with Crippen LogP contribution in [0.25, 0.3) is 0 Å². The molecule has 1 saturated heterocycles. The van der Waals surface area contributed by atoms with Crippen molar-refractivity contribution in [3.63, 3.8) is 0 Å². The minimum Gasteiger partial charge on any atom is -0.480 e. The fourth-order valence-electron chi connectivity index (χ4n) is 8.93. The van der Waals surface area contributed by atoms with Crippen LogP contribution in [0.3, 0.4) is 0 Å². The second-order valence-electron chi connectivity index (χ2n) is 21.7. The third-order valence-corrected chi connectivity index (χ3v) is 13.5. The fraction of sp³-hybridized carbons (Fsp3) is 0.571. The largest absolute Gasteiger partial charge is 0.480 e. The molecule has 0 bridgehead atoms. The zero-order valence-electron chi connectivity index (χ0n) is 48.4. The van der Waals surface area contributed by atoms with Crippen LogP contribution in [-0.2, 0) is 70.4 Å². The van der Waals surface area contributed by atoms with Crippen molar-refractivity contribution in [3.8, 4) is 0 Å². The van der Waals surface area contributed by atoms with Gasteiger partial charge in [-0.25, -0.2) is 0 Å². The van der Waals surface area contributed by atoms with Gasteiger partial charge in [-0.1, -0.05) is 88.4 Å². The van der Waals surface area contributed by atoms with Crippen LogP contribution in [0, 0.1) is 11.8 Å². The Bertz CT molecular complexity index is 2590. The van der Waals surface area contributed by atoms with Crippen molar-refractivity contribution in [2.24, 2.45) is 23.3 Å². The number of benzene rings is 2. The Balaban J connectivity index is 1.84. The molecule has 0 radical (unpaired) electrons. The molecule has 0 saturated carbocycles. The van der Waals surface area contributed by atoms with Gasteiger partial charge in [0.25, 0.3) is 0 Å². The monoisotopic (exact) mass is 1180 g/mol. The van der Waals surface area contributed by atoms with Crippen LogP contribution >= 0.6 is 0 Å². The molecule has 28 heteroatoms. The lowest BCUT2D eigenvalue weighted by Gasteiger charge is -2.29. The summed E-state index contributed by atoms with van der Waals surface area (Å²) in [7, 11) is 0. The van der Waals surface area contributed by atoms with Gasteiger partial charge in [0, 0.05) is 25.8 Å². The number of amides is 11.